The molecule has 1 aliphatic heterocycles. The van der Waals surface area contributed by atoms with Gasteiger partial charge in [0.2, 0.25) is 0 Å². The summed E-state index contributed by atoms with van der Waals surface area (Å²) >= 11 is 7.18. The summed E-state index contributed by atoms with van der Waals surface area (Å²) in [6, 6.07) is 12.7. The van der Waals surface area contributed by atoms with Gasteiger partial charge in [-0.15, -0.1) is 0 Å². The number of aliphatic hydroxyl groups is 1. The SMILES string of the molecule is C[C@@H]1C[NH+](C[C@H](O)Cn2c3ccc(Br)cc3c3cc(Br)ccc32)C[C@@H](C)O1. The molecule has 0 radical (unpaired) electrons. The van der Waals surface area contributed by atoms with Crippen LogP contribution in [0.5, 0.6) is 0 Å². The van der Waals surface area contributed by atoms with E-state index in [0.29, 0.717) is 6.54 Å². The van der Waals surface area contributed by atoms with Crippen LogP contribution < -0.4 is 4.90 Å². The summed E-state index contributed by atoms with van der Waals surface area (Å²) in [6.45, 7) is 7.47. The van der Waals surface area contributed by atoms with Crippen LogP contribution in [0.25, 0.3) is 21.8 Å². The first-order valence-corrected chi connectivity index (χ1v) is 11.0. The molecule has 1 fully saturated rings. The number of nitrogens with zero attached hydrogens (tertiary/aromatic N) is 1. The second kappa shape index (κ2) is 7.84. The zero-order chi connectivity index (χ0) is 19.1. The van der Waals surface area contributed by atoms with Crippen LogP contribution in [0.2, 0.25) is 0 Å². The van der Waals surface area contributed by atoms with E-state index in [4.69, 9.17) is 4.74 Å². The van der Waals surface area contributed by atoms with Crippen molar-refractivity contribution in [1.82, 2.24) is 4.57 Å². The van der Waals surface area contributed by atoms with E-state index in [2.05, 4.69) is 86.7 Å². The summed E-state index contributed by atoms with van der Waals surface area (Å²) in [5.74, 6) is 0. The molecule has 144 valence electrons. The first-order valence-electron chi connectivity index (χ1n) is 9.45. The normalized spacial score (nSPS) is 24.6. The molecular weight excluding hydrogens is 472 g/mol. The van der Waals surface area contributed by atoms with Crippen LogP contribution in [0.4, 0.5) is 0 Å². The number of hydrogen-bond donors (Lipinski definition) is 2. The molecule has 2 aromatic carbocycles. The van der Waals surface area contributed by atoms with Gasteiger partial charge in [-0.1, -0.05) is 31.9 Å². The number of ether oxygens (including phenoxy) is 1. The number of rotatable bonds is 4. The molecule has 1 aliphatic rings. The molecule has 2 heterocycles. The average Bonchev–Trinajstić information content (AvgIpc) is 2.86. The first-order chi connectivity index (χ1) is 12.9. The summed E-state index contributed by atoms with van der Waals surface area (Å²) in [5.41, 5.74) is 2.31. The number of aromatic nitrogens is 1. The van der Waals surface area contributed by atoms with Crippen LogP contribution in [0.15, 0.2) is 45.3 Å². The molecule has 0 spiro atoms. The van der Waals surface area contributed by atoms with Crippen LogP contribution in [-0.4, -0.2) is 47.6 Å². The van der Waals surface area contributed by atoms with Gasteiger partial charge in [-0.3, -0.25) is 0 Å². The Labute approximate surface area is 176 Å². The highest BCUT2D eigenvalue weighted by atomic mass is 79.9. The number of halogens is 2. The summed E-state index contributed by atoms with van der Waals surface area (Å²) < 4.78 is 10.2. The van der Waals surface area contributed by atoms with E-state index >= 15 is 0 Å². The molecule has 2 N–H and O–H groups in total. The molecule has 0 unspecified atom stereocenters. The highest BCUT2D eigenvalue weighted by Crippen LogP contribution is 2.33. The summed E-state index contributed by atoms with van der Waals surface area (Å²) in [5, 5.41) is 13.3. The third kappa shape index (κ3) is 4.10. The highest BCUT2D eigenvalue weighted by molar-refractivity contribution is 9.10. The largest absolute Gasteiger partial charge is 0.385 e. The van der Waals surface area contributed by atoms with Gasteiger partial charge < -0.3 is 19.3 Å². The molecule has 4 nitrogen and oxygen atoms in total. The lowest BCUT2D eigenvalue weighted by atomic mass is 10.2. The highest BCUT2D eigenvalue weighted by Gasteiger charge is 2.27. The van der Waals surface area contributed by atoms with Crippen LogP contribution in [-0.2, 0) is 11.3 Å². The summed E-state index contributed by atoms with van der Waals surface area (Å²) in [6.07, 6.45) is 0.0985. The fourth-order valence-corrected chi connectivity index (χ4v) is 5.13. The van der Waals surface area contributed by atoms with Crippen molar-refractivity contribution >= 4 is 53.7 Å². The molecular formula is C21H25Br2N2O2+. The van der Waals surface area contributed by atoms with Crippen molar-refractivity contribution in [3.8, 4) is 0 Å². The number of fused-ring (bicyclic) bond motifs is 3. The summed E-state index contributed by atoms with van der Waals surface area (Å²) in [4.78, 5) is 1.42. The van der Waals surface area contributed by atoms with Crippen molar-refractivity contribution in [2.45, 2.75) is 38.7 Å². The minimum absolute atomic E-state index is 0.249. The number of hydrogen-bond acceptors (Lipinski definition) is 2. The molecule has 3 atom stereocenters. The Balaban J connectivity index is 1.64. The van der Waals surface area contributed by atoms with Crippen LogP contribution in [0.1, 0.15) is 13.8 Å². The van der Waals surface area contributed by atoms with E-state index in [1.165, 1.54) is 15.7 Å². The molecule has 4 rings (SSSR count). The minimum atomic E-state index is -0.399. The quantitative estimate of drug-likeness (QED) is 0.581. The molecule has 1 saturated heterocycles. The number of morpholine rings is 1. The maximum Gasteiger partial charge on any atom is 0.121 e. The van der Waals surface area contributed by atoms with Crippen molar-refractivity contribution in [3.05, 3.63) is 45.3 Å². The predicted octanol–water partition coefficient (Wildman–Crippen LogP) is 3.37. The van der Waals surface area contributed by atoms with E-state index in [-0.39, 0.29) is 12.2 Å². The van der Waals surface area contributed by atoms with Gasteiger partial charge >= 0.3 is 0 Å². The minimum Gasteiger partial charge on any atom is -0.385 e. The lowest BCUT2D eigenvalue weighted by Crippen LogP contribution is -3.16. The van der Waals surface area contributed by atoms with Gasteiger partial charge in [-0.2, -0.15) is 0 Å². The third-order valence-electron chi connectivity index (χ3n) is 5.32. The van der Waals surface area contributed by atoms with Gasteiger partial charge in [0.25, 0.3) is 0 Å². The topological polar surface area (TPSA) is 38.8 Å². The zero-order valence-corrected chi connectivity index (χ0v) is 18.8. The molecule has 3 aromatic rings. The van der Waals surface area contributed by atoms with E-state index < -0.39 is 6.10 Å². The monoisotopic (exact) mass is 495 g/mol. The van der Waals surface area contributed by atoms with E-state index in [0.717, 1.165) is 39.6 Å². The first kappa shape index (κ1) is 19.4. The van der Waals surface area contributed by atoms with Crippen molar-refractivity contribution < 1.29 is 14.7 Å². The second-order valence-corrected chi connectivity index (χ2v) is 9.54. The Kier molecular flexibility index (Phi) is 5.63. The van der Waals surface area contributed by atoms with E-state index in [1.54, 1.807) is 0 Å². The Morgan fingerprint density at radius 1 is 1.04 bits per heavy atom. The number of nitrogens with one attached hydrogen (secondary N) is 1. The number of quaternary nitrogens is 1. The fourth-order valence-electron chi connectivity index (χ4n) is 4.41. The molecule has 1 aromatic heterocycles. The maximum atomic E-state index is 10.9. The fraction of sp³-hybridized carbons (Fsp3) is 0.429. The third-order valence-corrected chi connectivity index (χ3v) is 6.31. The molecule has 27 heavy (non-hydrogen) atoms. The van der Waals surface area contributed by atoms with E-state index in [9.17, 15) is 5.11 Å². The average molecular weight is 497 g/mol. The number of aliphatic hydroxyl groups excluding tert-OH is 1. The lowest BCUT2D eigenvalue weighted by Gasteiger charge is -2.33. The standard InChI is InChI=1S/C21H24Br2N2O2/c1-13-9-24(10-14(2)27-13)11-17(26)12-25-20-5-3-15(22)7-18(20)19-8-16(23)4-6-21(19)25/h3-8,13-14,17,26H,9-12H2,1-2H3/p+1/t13-,14-,17+/m1/s1. The van der Waals surface area contributed by atoms with Crippen LogP contribution in [0, 0.1) is 0 Å². The molecule has 0 saturated carbocycles. The number of benzene rings is 2. The van der Waals surface area contributed by atoms with Gasteiger partial charge in [-0.25, -0.2) is 0 Å². The van der Waals surface area contributed by atoms with Crippen molar-refractivity contribution in [2.24, 2.45) is 0 Å². The smallest absolute Gasteiger partial charge is 0.121 e. The molecule has 6 heteroatoms. The molecule has 0 bridgehead atoms. The second-order valence-electron chi connectivity index (χ2n) is 7.71. The molecule has 0 amide bonds. The van der Waals surface area contributed by atoms with Gasteiger partial charge in [-0.05, 0) is 50.2 Å². The van der Waals surface area contributed by atoms with Crippen molar-refractivity contribution in [1.29, 1.82) is 0 Å². The Morgan fingerprint density at radius 3 is 2.07 bits per heavy atom. The Hall–Kier alpha value is -0.920. The zero-order valence-electron chi connectivity index (χ0n) is 15.6. The Bertz CT molecular complexity index is 902. The van der Waals surface area contributed by atoms with Gasteiger partial charge in [0.1, 0.15) is 37.9 Å². The van der Waals surface area contributed by atoms with Crippen molar-refractivity contribution in [2.75, 3.05) is 19.6 Å². The lowest BCUT2D eigenvalue weighted by molar-refractivity contribution is -0.918. The van der Waals surface area contributed by atoms with Crippen LogP contribution >= 0.6 is 31.9 Å². The predicted molar refractivity (Wildman–Crippen MR) is 116 cm³/mol. The van der Waals surface area contributed by atoms with Gasteiger partial charge in [0.15, 0.2) is 0 Å². The van der Waals surface area contributed by atoms with Gasteiger partial charge in [0, 0.05) is 30.8 Å². The van der Waals surface area contributed by atoms with Gasteiger partial charge in [0.05, 0.1) is 6.54 Å². The van der Waals surface area contributed by atoms with Crippen LogP contribution in [0.3, 0.4) is 0 Å². The summed E-state index contributed by atoms with van der Waals surface area (Å²) in [7, 11) is 0. The maximum absolute atomic E-state index is 10.9. The molecule has 0 aliphatic carbocycles. The Morgan fingerprint density at radius 2 is 1.56 bits per heavy atom. The van der Waals surface area contributed by atoms with Crippen molar-refractivity contribution in [3.63, 3.8) is 0 Å². The van der Waals surface area contributed by atoms with E-state index in [1.807, 2.05) is 0 Å².